The van der Waals surface area contributed by atoms with Crippen molar-refractivity contribution in [1.29, 1.82) is 0 Å². The van der Waals surface area contributed by atoms with Crippen LogP contribution in [-0.2, 0) is 11.3 Å². The lowest BCUT2D eigenvalue weighted by Gasteiger charge is -2.29. The molecule has 1 unspecified atom stereocenters. The summed E-state index contributed by atoms with van der Waals surface area (Å²) in [5, 5.41) is 13.9. The molecule has 0 aromatic heterocycles. The number of hydrogen-bond donors (Lipinski definition) is 2. The normalized spacial score (nSPS) is 20.2. The second-order valence-corrected chi connectivity index (χ2v) is 8.12. The van der Waals surface area contributed by atoms with Crippen LogP contribution in [0.1, 0.15) is 34.3 Å². The van der Waals surface area contributed by atoms with Crippen LogP contribution >= 0.6 is 0 Å². The fourth-order valence-corrected chi connectivity index (χ4v) is 4.02. The second kappa shape index (κ2) is 10.5. The van der Waals surface area contributed by atoms with Crippen molar-refractivity contribution in [3.05, 3.63) is 65.2 Å². The number of amides is 1. The Morgan fingerprint density at radius 1 is 1.10 bits per heavy atom. The van der Waals surface area contributed by atoms with Gasteiger partial charge in [-0.3, -0.25) is 9.69 Å². The number of nitrogens with zero attached hydrogens (tertiary/aromatic N) is 3. The number of piperidine rings is 1. The lowest BCUT2D eigenvalue weighted by molar-refractivity contribution is 0.0668. The van der Waals surface area contributed by atoms with Gasteiger partial charge in [-0.25, -0.2) is 5.43 Å². The number of anilines is 1. The number of hydrazone groups is 1. The highest BCUT2D eigenvalue weighted by molar-refractivity contribution is 5.94. The zero-order chi connectivity index (χ0) is 21.5. The molecular weight excluding hydrogens is 392 g/mol. The lowest BCUT2D eigenvalue weighted by Crippen LogP contribution is -2.37. The molecule has 2 aliphatic rings. The van der Waals surface area contributed by atoms with Gasteiger partial charge in [0.1, 0.15) is 0 Å². The summed E-state index contributed by atoms with van der Waals surface area (Å²) in [7, 11) is 0. The van der Waals surface area contributed by atoms with Crippen molar-refractivity contribution in [3.8, 4) is 0 Å². The summed E-state index contributed by atoms with van der Waals surface area (Å²) in [6.45, 7) is 5.84. The Labute approximate surface area is 183 Å². The fraction of sp³-hybridized carbons (Fsp3) is 0.417. The molecule has 0 aliphatic carbocycles. The number of carbonyl (C=O) groups is 1. The van der Waals surface area contributed by atoms with E-state index in [2.05, 4.69) is 32.5 Å². The number of aliphatic hydroxyl groups is 1. The number of benzene rings is 2. The topological polar surface area (TPSA) is 77.4 Å². The number of likely N-dealkylation sites (tertiary alicyclic amines) is 1. The molecule has 31 heavy (non-hydrogen) atoms. The Hall–Kier alpha value is -2.74. The first kappa shape index (κ1) is 21.5. The van der Waals surface area contributed by atoms with Gasteiger partial charge < -0.3 is 14.7 Å². The summed E-state index contributed by atoms with van der Waals surface area (Å²) in [6, 6.07) is 15.7. The molecule has 164 valence electrons. The Morgan fingerprint density at radius 2 is 1.84 bits per heavy atom. The SMILES string of the molecule is O=C(N/N=C/c1ccc(N2CCOCC2)cc1)c1ccc(CN2CCCC(O)C2)cc1. The Morgan fingerprint density at radius 3 is 2.55 bits per heavy atom. The van der Waals surface area contributed by atoms with Crippen LogP contribution in [0.15, 0.2) is 53.6 Å². The van der Waals surface area contributed by atoms with E-state index in [1.54, 1.807) is 6.21 Å². The smallest absolute Gasteiger partial charge is 0.271 e. The Bertz CT molecular complexity index is 877. The van der Waals surface area contributed by atoms with Crippen LogP contribution in [0.4, 0.5) is 5.69 Å². The Balaban J connectivity index is 1.26. The molecule has 7 heteroatoms. The third-order valence-corrected chi connectivity index (χ3v) is 5.75. The molecular formula is C24H30N4O3. The number of rotatable bonds is 6. The molecule has 2 N–H and O–H groups in total. The van der Waals surface area contributed by atoms with Crippen LogP contribution in [0.3, 0.4) is 0 Å². The summed E-state index contributed by atoms with van der Waals surface area (Å²) in [6.07, 6.45) is 3.33. The van der Waals surface area contributed by atoms with Crippen molar-refractivity contribution < 1.29 is 14.6 Å². The third-order valence-electron chi connectivity index (χ3n) is 5.75. The van der Waals surface area contributed by atoms with Gasteiger partial charge >= 0.3 is 0 Å². The van der Waals surface area contributed by atoms with Gasteiger partial charge in [-0.15, -0.1) is 0 Å². The van der Waals surface area contributed by atoms with Crippen LogP contribution in [0.2, 0.25) is 0 Å². The summed E-state index contributed by atoms with van der Waals surface area (Å²) >= 11 is 0. The zero-order valence-electron chi connectivity index (χ0n) is 17.7. The van der Waals surface area contributed by atoms with Crippen LogP contribution in [-0.4, -0.2) is 67.6 Å². The molecule has 2 fully saturated rings. The molecule has 2 heterocycles. The Kier molecular flexibility index (Phi) is 7.30. The average Bonchev–Trinajstić information content (AvgIpc) is 2.80. The average molecular weight is 423 g/mol. The van der Waals surface area contributed by atoms with Gasteiger partial charge in [0, 0.05) is 37.4 Å². The van der Waals surface area contributed by atoms with Crippen molar-refractivity contribution in [2.45, 2.75) is 25.5 Å². The van der Waals surface area contributed by atoms with Gasteiger partial charge in [0.25, 0.3) is 5.91 Å². The number of ether oxygens (including phenoxy) is 1. The molecule has 2 aromatic carbocycles. The molecule has 0 radical (unpaired) electrons. The van der Waals surface area contributed by atoms with Crippen LogP contribution < -0.4 is 10.3 Å². The van der Waals surface area contributed by atoms with Crippen molar-refractivity contribution in [2.75, 3.05) is 44.3 Å². The molecule has 7 nitrogen and oxygen atoms in total. The fourth-order valence-electron chi connectivity index (χ4n) is 4.02. The predicted octanol–water partition coefficient (Wildman–Crippen LogP) is 2.24. The number of hydrogen-bond acceptors (Lipinski definition) is 6. The maximum Gasteiger partial charge on any atom is 0.271 e. The van der Waals surface area contributed by atoms with E-state index in [4.69, 9.17) is 4.74 Å². The van der Waals surface area contributed by atoms with E-state index in [0.717, 1.165) is 63.4 Å². The molecule has 2 aromatic rings. The molecule has 1 atom stereocenters. The minimum atomic E-state index is -0.235. The van der Waals surface area contributed by atoms with E-state index in [-0.39, 0.29) is 12.0 Å². The maximum atomic E-state index is 12.4. The zero-order valence-corrected chi connectivity index (χ0v) is 17.7. The number of nitrogens with one attached hydrogen (secondary N) is 1. The van der Waals surface area contributed by atoms with E-state index in [1.165, 1.54) is 5.69 Å². The summed E-state index contributed by atoms with van der Waals surface area (Å²) < 4.78 is 5.39. The highest BCUT2D eigenvalue weighted by Gasteiger charge is 2.17. The van der Waals surface area contributed by atoms with Gasteiger partial charge in [-0.2, -0.15) is 5.10 Å². The van der Waals surface area contributed by atoms with E-state index in [9.17, 15) is 9.90 Å². The molecule has 0 spiro atoms. The highest BCUT2D eigenvalue weighted by atomic mass is 16.5. The van der Waals surface area contributed by atoms with Crippen LogP contribution in [0.25, 0.3) is 0 Å². The number of carbonyl (C=O) groups excluding carboxylic acids is 1. The van der Waals surface area contributed by atoms with Crippen molar-refractivity contribution in [3.63, 3.8) is 0 Å². The first-order valence-corrected chi connectivity index (χ1v) is 10.9. The monoisotopic (exact) mass is 422 g/mol. The van der Waals surface area contributed by atoms with E-state index >= 15 is 0 Å². The molecule has 0 bridgehead atoms. The first-order chi connectivity index (χ1) is 15.2. The summed E-state index contributed by atoms with van der Waals surface area (Å²) in [4.78, 5) is 16.9. The van der Waals surface area contributed by atoms with Crippen molar-refractivity contribution >= 4 is 17.8 Å². The maximum absolute atomic E-state index is 12.4. The first-order valence-electron chi connectivity index (χ1n) is 10.9. The van der Waals surface area contributed by atoms with Gasteiger partial charge in [0.2, 0.25) is 0 Å². The number of β-amino-alcohol motifs (C(OH)–C–C–N with tert-alkyl or cyclic N) is 1. The van der Waals surface area contributed by atoms with Gasteiger partial charge in [-0.1, -0.05) is 24.3 Å². The van der Waals surface area contributed by atoms with Gasteiger partial charge in [0.05, 0.1) is 25.5 Å². The minimum Gasteiger partial charge on any atom is -0.392 e. The number of morpholine rings is 1. The second-order valence-electron chi connectivity index (χ2n) is 8.12. The quantitative estimate of drug-likeness (QED) is 0.552. The van der Waals surface area contributed by atoms with E-state index < -0.39 is 0 Å². The molecule has 2 aliphatic heterocycles. The summed E-state index contributed by atoms with van der Waals surface area (Å²) in [5.41, 5.74) is 6.39. The summed E-state index contributed by atoms with van der Waals surface area (Å²) in [5.74, 6) is -0.235. The molecule has 0 saturated carbocycles. The van der Waals surface area contributed by atoms with Crippen molar-refractivity contribution in [2.24, 2.45) is 5.10 Å². The van der Waals surface area contributed by atoms with Crippen molar-refractivity contribution in [1.82, 2.24) is 10.3 Å². The van der Waals surface area contributed by atoms with Gasteiger partial charge in [-0.05, 0) is 54.8 Å². The standard InChI is InChI=1S/C24H30N4O3/c29-23-2-1-11-27(18-23)17-20-3-7-21(8-4-20)24(30)26-25-16-19-5-9-22(10-6-19)28-12-14-31-15-13-28/h3-10,16,23,29H,1-2,11-15,17-18H2,(H,26,30)/b25-16+. The van der Waals surface area contributed by atoms with Gasteiger partial charge in [0.15, 0.2) is 0 Å². The molecule has 2 saturated heterocycles. The van der Waals surface area contributed by atoms with Crippen LogP contribution in [0.5, 0.6) is 0 Å². The highest BCUT2D eigenvalue weighted by Crippen LogP contribution is 2.16. The molecule has 4 rings (SSSR count). The number of aliphatic hydroxyl groups excluding tert-OH is 1. The van der Waals surface area contributed by atoms with E-state index in [0.29, 0.717) is 12.1 Å². The minimum absolute atomic E-state index is 0.229. The van der Waals surface area contributed by atoms with Crippen LogP contribution in [0, 0.1) is 0 Å². The molecule has 1 amide bonds. The predicted molar refractivity (Wildman–Crippen MR) is 121 cm³/mol. The van der Waals surface area contributed by atoms with E-state index in [1.807, 2.05) is 36.4 Å². The lowest BCUT2D eigenvalue weighted by atomic mass is 10.1. The third kappa shape index (κ3) is 6.13. The largest absolute Gasteiger partial charge is 0.392 e.